The van der Waals surface area contributed by atoms with Gasteiger partial charge in [0, 0.05) is 42.3 Å². The number of pyridine rings is 2. The topological polar surface area (TPSA) is 38.9 Å². The van der Waals surface area contributed by atoms with Crippen LogP contribution in [-0.2, 0) is 0 Å². The van der Waals surface area contributed by atoms with Gasteiger partial charge in [-0.2, -0.15) is 0 Å². The molecule has 0 N–H and O–H groups in total. The van der Waals surface area contributed by atoms with Gasteiger partial charge in [-0.05, 0) is 49.5 Å². The fourth-order valence-electron chi connectivity index (χ4n) is 3.41. The van der Waals surface area contributed by atoms with E-state index in [0.29, 0.717) is 47.5 Å². The normalized spacial score (nSPS) is 26.6. The van der Waals surface area contributed by atoms with Crippen LogP contribution >= 0.6 is 0 Å². The second-order valence-corrected chi connectivity index (χ2v) is 6.27. The second kappa shape index (κ2) is 5.69. The molecule has 0 radical (unpaired) electrons. The van der Waals surface area contributed by atoms with Gasteiger partial charge in [0.1, 0.15) is 5.58 Å². The summed E-state index contributed by atoms with van der Waals surface area (Å²) in [6, 6.07) is 12.4. The molecule has 1 aliphatic rings. The van der Waals surface area contributed by atoms with Crippen molar-refractivity contribution >= 4 is 22.1 Å². The van der Waals surface area contributed by atoms with Crippen LogP contribution in [0.4, 0.5) is 0 Å². The first-order valence-electron chi connectivity index (χ1n) is 11.4. The molecular formula is C22H20N2O. The van der Waals surface area contributed by atoms with Gasteiger partial charge in [-0.1, -0.05) is 31.0 Å². The maximum atomic E-state index is 8.75. The highest BCUT2D eigenvalue weighted by Crippen LogP contribution is 2.37. The van der Waals surface area contributed by atoms with Gasteiger partial charge < -0.3 is 4.42 Å². The van der Waals surface area contributed by atoms with Crippen molar-refractivity contribution in [1.82, 2.24) is 9.97 Å². The molecule has 0 bridgehead atoms. The number of rotatable bonds is 2. The number of aryl methyl sites for hydroxylation is 1. The van der Waals surface area contributed by atoms with E-state index in [-0.39, 0.29) is 5.56 Å². The maximum Gasteiger partial charge on any atom is 0.227 e. The lowest BCUT2D eigenvalue weighted by atomic mass is 10.0. The number of fused-ring (bicyclic) bond motifs is 3. The van der Waals surface area contributed by atoms with Crippen LogP contribution in [0.1, 0.15) is 51.0 Å². The Morgan fingerprint density at radius 2 is 2.16 bits per heavy atom. The number of nitrogens with zero attached hydrogens (tertiary/aromatic N) is 2. The van der Waals surface area contributed by atoms with E-state index in [9.17, 15) is 0 Å². The number of aromatic nitrogens is 2. The molecule has 124 valence electrons. The molecule has 3 heterocycles. The lowest BCUT2D eigenvalue weighted by Crippen LogP contribution is -1.95. The molecule has 1 aliphatic carbocycles. The summed E-state index contributed by atoms with van der Waals surface area (Å²) in [6.07, 6.45) is 1.13. The quantitative estimate of drug-likeness (QED) is 0.450. The third-order valence-electron chi connectivity index (χ3n) is 4.65. The highest BCUT2D eigenvalue weighted by Gasteiger charge is 2.20. The zero-order chi connectivity index (χ0) is 22.0. The minimum Gasteiger partial charge on any atom is -0.437 e. The van der Waals surface area contributed by atoms with Gasteiger partial charge >= 0.3 is 0 Å². The van der Waals surface area contributed by atoms with E-state index >= 15 is 0 Å². The van der Waals surface area contributed by atoms with Gasteiger partial charge in [0.05, 0.1) is 5.69 Å². The van der Waals surface area contributed by atoms with E-state index in [0.717, 1.165) is 10.8 Å². The molecule has 0 spiro atoms. The van der Waals surface area contributed by atoms with Gasteiger partial charge in [-0.3, -0.25) is 4.98 Å². The zero-order valence-corrected chi connectivity index (χ0v) is 13.5. The number of furan rings is 1. The van der Waals surface area contributed by atoms with Crippen LogP contribution < -0.4 is 0 Å². The van der Waals surface area contributed by atoms with E-state index in [4.69, 9.17) is 12.6 Å². The molecular weight excluding hydrogens is 308 g/mol. The van der Waals surface area contributed by atoms with E-state index in [1.54, 1.807) is 18.2 Å². The van der Waals surface area contributed by atoms with E-state index in [1.165, 1.54) is 6.20 Å². The van der Waals surface area contributed by atoms with Crippen molar-refractivity contribution in [1.29, 1.82) is 0 Å². The molecule has 4 aromatic rings. The Balaban J connectivity index is 1.64. The first kappa shape index (κ1) is 9.71. The predicted molar refractivity (Wildman–Crippen MR) is 101 cm³/mol. The Morgan fingerprint density at radius 3 is 2.96 bits per heavy atom. The predicted octanol–water partition coefficient (Wildman–Crippen LogP) is 6.01. The molecule has 3 nitrogen and oxygen atoms in total. The third kappa shape index (κ3) is 2.42. The summed E-state index contributed by atoms with van der Waals surface area (Å²) in [7, 11) is 0. The Labute approximate surface area is 155 Å². The lowest BCUT2D eigenvalue weighted by molar-refractivity contribution is 0.638. The molecule has 25 heavy (non-hydrogen) atoms. The molecule has 0 amide bonds. The first-order chi connectivity index (χ1) is 14.6. The Kier molecular flexibility index (Phi) is 2.21. The first-order valence-corrected chi connectivity index (χ1v) is 8.40. The van der Waals surface area contributed by atoms with Crippen molar-refractivity contribution in [2.24, 2.45) is 0 Å². The Morgan fingerprint density at radius 1 is 1.16 bits per heavy atom. The summed E-state index contributed by atoms with van der Waals surface area (Å²) in [6.45, 7) is -2.21. The summed E-state index contributed by atoms with van der Waals surface area (Å²) < 4.78 is 53.9. The van der Waals surface area contributed by atoms with Crippen LogP contribution in [0.15, 0.2) is 53.1 Å². The maximum absolute atomic E-state index is 8.75. The minimum atomic E-state index is -2.21. The van der Waals surface area contributed by atoms with Gasteiger partial charge in [0.15, 0.2) is 0 Å². The second-order valence-electron chi connectivity index (χ2n) is 6.27. The van der Waals surface area contributed by atoms with Crippen LogP contribution in [0.2, 0.25) is 0 Å². The average Bonchev–Trinajstić information content (AvgIpc) is 3.23. The van der Waals surface area contributed by atoms with Gasteiger partial charge in [0.25, 0.3) is 0 Å². The van der Waals surface area contributed by atoms with Gasteiger partial charge in [-0.25, -0.2) is 4.98 Å². The summed E-state index contributed by atoms with van der Waals surface area (Å²) in [5.74, 6) is -1.39. The molecule has 1 aromatic carbocycles. The van der Waals surface area contributed by atoms with E-state index in [1.807, 2.05) is 24.3 Å². The summed E-state index contributed by atoms with van der Waals surface area (Å²) in [5.41, 5.74) is 2.78. The molecule has 1 unspecified atom stereocenters. The number of hydrogen-bond acceptors (Lipinski definition) is 3. The van der Waals surface area contributed by atoms with Crippen molar-refractivity contribution in [2.45, 2.75) is 38.4 Å². The smallest absolute Gasteiger partial charge is 0.227 e. The molecule has 1 atom stereocenters. The monoisotopic (exact) mass is 334 g/mol. The molecule has 1 fully saturated rings. The van der Waals surface area contributed by atoms with Crippen LogP contribution in [0, 0.1) is 6.85 Å². The SMILES string of the molecule is [2H]C([2H])([2H])c1ccc(-c2cccc3c2oc2nc(C4([2H])CCCC4([2H])[2H])ccc23)nc1. The van der Waals surface area contributed by atoms with Crippen molar-refractivity contribution in [3.05, 3.63) is 59.9 Å². The van der Waals surface area contributed by atoms with Crippen LogP contribution in [0.25, 0.3) is 33.3 Å². The Hall–Kier alpha value is -2.68. The highest BCUT2D eigenvalue weighted by atomic mass is 16.3. The number of benzene rings is 1. The molecule has 3 heteroatoms. The largest absolute Gasteiger partial charge is 0.437 e. The lowest BCUT2D eigenvalue weighted by Gasteiger charge is -2.06. The molecule has 0 saturated heterocycles. The average molecular weight is 334 g/mol. The fraction of sp³-hybridized carbons (Fsp3) is 0.273. The molecule has 5 rings (SSSR count). The molecule has 3 aromatic heterocycles. The highest BCUT2D eigenvalue weighted by molar-refractivity contribution is 6.08. The van der Waals surface area contributed by atoms with Crippen molar-refractivity contribution in [2.75, 3.05) is 0 Å². The summed E-state index contributed by atoms with van der Waals surface area (Å²) in [5, 5.41) is 1.61. The molecule has 1 saturated carbocycles. The van der Waals surface area contributed by atoms with Gasteiger partial charge in [0.2, 0.25) is 5.71 Å². The fourth-order valence-corrected chi connectivity index (χ4v) is 3.41. The standard InChI is InChI=1S/C22H20N2O/c1-14-9-11-20(23-13-14)18-8-4-7-16-17-10-12-19(15-5-2-3-6-15)24-22(17)25-21(16)18/h4,7-13,15H,2-3,5-6H2,1H3/i1D3,5D2,15D. The minimum absolute atomic E-state index is 0.172. The summed E-state index contributed by atoms with van der Waals surface area (Å²) in [4.78, 5) is 8.88. The summed E-state index contributed by atoms with van der Waals surface area (Å²) >= 11 is 0. The third-order valence-corrected chi connectivity index (χ3v) is 4.65. The Bertz CT molecular complexity index is 1300. The number of para-hydroxylation sites is 1. The van der Waals surface area contributed by atoms with Gasteiger partial charge in [-0.15, -0.1) is 0 Å². The van der Waals surface area contributed by atoms with E-state index < -0.39 is 19.1 Å². The number of hydrogen-bond donors (Lipinski definition) is 0. The van der Waals surface area contributed by atoms with Crippen molar-refractivity contribution in [3.63, 3.8) is 0 Å². The van der Waals surface area contributed by atoms with Crippen LogP contribution in [0.5, 0.6) is 0 Å². The van der Waals surface area contributed by atoms with Crippen molar-refractivity contribution < 1.29 is 12.6 Å². The van der Waals surface area contributed by atoms with E-state index in [2.05, 4.69) is 9.97 Å². The molecule has 0 aliphatic heterocycles. The van der Waals surface area contributed by atoms with Crippen LogP contribution in [-0.4, -0.2) is 9.97 Å². The zero-order valence-electron chi connectivity index (χ0n) is 19.5. The van der Waals surface area contributed by atoms with Crippen molar-refractivity contribution in [3.8, 4) is 11.3 Å². The van der Waals surface area contributed by atoms with Crippen LogP contribution in [0.3, 0.4) is 0 Å².